The van der Waals surface area contributed by atoms with Crippen LogP contribution >= 0.6 is 0 Å². The molecule has 1 saturated carbocycles. The number of allylic oxidation sites excluding steroid dienone is 8. The maximum absolute atomic E-state index is 3.79. The summed E-state index contributed by atoms with van der Waals surface area (Å²) in [5.41, 5.74) is 3.63. The van der Waals surface area contributed by atoms with Crippen molar-refractivity contribution in [3.05, 3.63) is 60.8 Å². The highest BCUT2D eigenvalue weighted by Crippen LogP contribution is 2.29. The number of hydrogen-bond donors (Lipinski definition) is 0. The Bertz CT molecular complexity index is 570. The minimum atomic E-state index is 0. The third-order valence-electron chi connectivity index (χ3n) is 6.31. The molecule has 220 valence electrons. The molecular weight excluding hydrogens is 444 g/mol. The zero-order valence-electron chi connectivity index (χ0n) is 26.9. The Hall–Kier alpha value is -1.30. The molecule has 1 aliphatic rings. The largest absolute Gasteiger partial charge is 0.103 e. The second kappa shape index (κ2) is 29.3. The predicted octanol–water partition coefficient (Wildman–Crippen LogP) is 13.7. The van der Waals surface area contributed by atoms with Gasteiger partial charge in [0.2, 0.25) is 0 Å². The fraction of sp³-hybridized carbons (Fsp3) is 0.730. The third-order valence-corrected chi connectivity index (χ3v) is 6.31. The van der Waals surface area contributed by atoms with Crippen molar-refractivity contribution in [2.24, 2.45) is 23.2 Å². The van der Waals surface area contributed by atoms with Crippen molar-refractivity contribution in [2.75, 3.05) is 0 Å². The molecular formula is C37H72. The summed E-state index contributed by atoms with van der Waals surface area (Å²) < 4.78 is 0. The first-order valence-corrected chi connectivity index (χ1v) is 15.2. The van der Waals surface area contributed by atoms with E-state index in [2.05, 4.69) is 107 Å². The Morgan fingerprint density at radius 1 is 0.946 bits per heavy atom. The van der Waals surface area contributed by atoms with Gasteiger partial charge in [-0.3, -0.25) is 0 Å². The topological polar surface area (TPSA) is 0 Å². The van der Waals surface area contributed by atoms with Crippen LogP contribution in [0, 0.1) is 23.2 Å². The van der Waals surface area contributed by atoms with Crippen LogP contribution in [0.15, 0.2) is 60.8 Å². The lowest BCUT2D eigenvalue weighted by Gasteiger charge is -2.22. The molecule has 1 rings (SSSR count). The molecule has 37 heavy (non-hydrogen) atoms. The average molecular weight is 517 g/mol. The SMILES string of the molecule is C.C=C/C=C(\C=C/C)C(CCC)CC(C)C.C=CC.CCC=C(C)C1CCCCC1.CCCC(C)(C)C. The van der Waals surface area contributed by atoms with E-state index in [1.165, 1.54) is 76.2 Å². The highest BCUT2D eigenvalue weighted by Gasteiger charge is 2.14. The molecule has 0 aromatic heterocycles. The van der Waals surface area contributed by atoms with Gasteiger partial charge in [-0.15, -0.1) is 6.58 Å². The van der Waals surface area contributed by atoms with Crippen molar-refractivity contribution in [1.82, 2.24) is 0 Å². The van der Waals surface area contributed by atoms with Gasteiger partial charge in [0.1, 0.15) is 0 Å². The van der Waals surface area contributed by atoms with Gasteiger partial charge in [-0.1, -0.05) is 144 Å². The minimum Gasteiger partial charge on any atom is -0.103 e. The maximum Gasteiger partial charge on any atom is -0.0160 e. The van der Waals surface area contributed by atoms with Crippen molar-refractivity contribution in [1.29, 1.82) is 0 Å². The fourth-order valence-corrected chi connectivity index (χ4v) is 4.79. The van der Waals surface area contributed by atoms with E-state index >= 15 is 0 Å². The van der Waals surface area contributed by atoms with Crippen LogP contribution in [-0.4, -0.2) is 0 Å². The molecule has 1 atom stereocenters. The zero-order chi connectivity index (χ0) is 28.4. The molecule has 0 amide bonds. The Morgan fingerprint density at radius 2 is 1.49 bits per heavy atom. The van der Waals surface area contributed by atoms with Gasteiger partial charge in [-0.05, 0) is 88.0 Å². The summed E-state index contributed by atoms with van der Waals surface area (Å²) in [7, 11) is 0. The molecule has 0 radical (unpaired) electrons. The highest BCUT2D eigenvalue weighted by molar-refractivity contribution is 5.25. The van der Waals surface area contributed by atoms with Crippen LogP contribution in [0.5, 0.6) is 0 Å². The van der Waals surface area contributed by atoms with E-state index in [1.54, 1.807) is 11.6 Å². The van der Waals surface area contributed by atoms with E-state index in [9.17, 15) is 0 Å². The highest BCUT2D eigenvalue weighted by atomic mass is 14.2. The van der Waals surface area contributed by atoms with Crippen molar-refractivity contribution in [2.45, 2.75) is 154 Å². The Balaban J connectivity index is -0.000000218. The van der Waals surface area contributed by atoms with Gasteiger partial charge in [0.05, 0.1) is 0 Å². The van der Waals surface area contributed by atoms with Gasteiger partial charge >= 0.3 is 0 Å². The molecule has 1 fully saturated rings. The van der Waals surface area contributed by atoms with Crippen molar-refractivity contribution < 1.29 is 0 Å². The molecule has 0 spiro atoms. The third kappa shape index (κ3) is 30.8. The zero-order valence-corrected chi connectivity index (χ0v) is 26.9. The molecule has 0 saturated heterocycles. The first kappa shape index (κ1) is 42.8. The van der Waals surface area contributed by atoms with Crippen LogP contribution in [-0.2, 0) is 0 Å². The fourth-order valence-electron chi connectivity index (χ4n) is 4.79. The maximum atomic E-state index is 3.79. The molecule has 0 N–H and O–H groups in total. The van der Waals surface area contributed by atoms with Crippen molar-refractivity contribution in [3.8, 4) is 0 Å². The van der Waals surface area contributed by atoms with Crippen LogP contribution in [0.3, 0.4) is 0 Å². The second-order valence-electron chi connectivity index (χ2n) is 11.9. The summed E-state index contributed by atoms with van der Waals surface area (Å²) in [6, 6.07) is 0. The van der Waals surface area contributed by atoms with Crippen LogP contribution in [0.1, 0.15) is 154 Å². The summed E-state index contributed by atoms with van der Waals surface area (Å²) in [4.78, 5) is 0. The van der Waals surface area contributed by atoms with Crippen LogP contribution in [0.25, 0.3) is 0 Å². The standard InChI is InChI=1S/C15H26.C11H20.C7H16.C3H6.CH4/c1-6-9-14(10-7-2)15(11-8-3)12-13(4)5;1-3-7-10(2)11-8-5-4-6-9-11;1-5-6-7(2,3)4;1-3-2;/h6-7,9-10,13,15H,1,8,11-12H2,2-5H3;7,11H,3-6,8-9H2,1-2H3;5-6H2,1-4H3;3H,1H2,2H3;1H4/b10-7-,14-9+;;;;. The lowest BCUT2D eigenvalue weighted by Crippen LogP contribution is -2.07. The molecule has 0 heteroatoms. The van der Waals surface area contributed by atoms with Crippen molar-refractivity contribution >= 4 is 0 Å². The van der Waals surface area contributed by atoms with E-state index < -0.39 is 0 Å². The van der Waals surface area contributed by atoms with Crippen LogP contribution in [0.4, 0.5) is 0 Å². The Kier molecular flexibility index (Phi) is 33.8. The summed E-state index contributed by atoms with van der Waals surface area (Å²) in [5, 5.41) is 0. The smallest absolute Gasteiger partial charge is 0.0160 e. The molecule has 0 heterocycles. The summed E-state index contributed by atoms with van der Waals surface area (Å²) in [6.07, 6.45) is 27.5. The van der Waals surface area contributed by atoms with Crippen LogP contribution in [0.2, 0.25) is 0 Å². The molecule has 0 bridgehead atoms. The monoisotopic (exact) mass is 517 g/mol. The van der Waals surface area contributed by atoms with E-state index in [-0.39, 0.29) is 7.43 Å². The first-order valence-electron chi connectivity index (χ1n) is 15.2. The van der Waals surface area contributed by atoms with Crippen LogP contribution < -0.4 is 0 Å². The van der Waals surface area contributed by atoms with Gasteiger partial charge in [0, 0.05) is 0 Å². The molecule has 0 aromatic rings. The lowest BCUT2D eigenvalue weighted by molar-refractivity contribution is 0.373. The second-order valence-corrected chi connectivity index (χ2v) is 11.9. The van der Waals surface area contributed by atoms with Gasteiger partial charge in [-0.25, -0.2) is 0 Å². The molecule has 0 aromatic carbocycles. The first-order chi connectivity index (χ1) is 17.0. The van der Waals surface area contributed by atoms with Gasteiger partial charge in [-0.2, -0.15) is 0 Å². The van der Waals surface area contributed by atoms with E-state index in [1.807, 2.05) is 13.0 Å². The van der Waals surface area contributed by atoms with Gasteiger partial charge in [0.25, 0.3) is 0 Å². The summed E-state index contributed by atoms with van der Waals surface area (Å²) in [6.45, 7) is 31.6. The number of rotatable bonds is 10. The van der Waals surface area contributed by atoms with Crippen molar-refractivity contribution in [3.63, 3.8) is 0 Å². The molecule has 0 nitrogen and oxygen atoms in total. The summed E-state index contributed by atoms with van der Waals surface area (Å²) >= 11 is 0. The minimum absolute atomic E-state index is 0. The van der Waals surface area contributed by atoms with E-state index in [0.717, 1.165) is 11.8 Å². The van der Waals surface area contributed by atoms with Gasteiger partial charge in [0.15, 0.2) is 0 Å². The quantitative estimate of drug-likeness (QED) is 0.200. The lowest BCUT2D eigenvalue weighted by atomic mass is 9.84. The van der Waals surface area contributed by atoms with E-state index in [0.29, 0.717) is 11.3 Å². The van der Waals surface area contributed by atoms with E-state index in [4.69, 9.17) is 0 Å². The Labute approximate surface area is 237 Å². The Morgan fingerprint density at radius 3 is 1.81 bits per heavy atom. The normalized spacial score (nSPS) is 15.2. The number of hydrogen-bond acceptors (Lipinski definition) is 0. The average Bonchev–Trinajstić information content (AvgIpc) is 2.80. The predicted molar refractivity (Wildman–Crippen MR) is 179 cm³/mol. The summed E-state index contributed by atoms with van der Waals surface area (Å²) in [5.74, 6) is 2.40. The molecule has 1 unspecified atom stereocenters. The van der Waals surface area contributed by atoms with Gasteiger partial charge < -0.3 is 0 Å². The molecule has 1 aliphatic carbocycles. The molecule has 0 aliphatic heterocycles.